The Bertz CT molecular complexity index is 761. The van der Waals surface area contributed by atoms with Gasteiger partial charge in [0.2, 0.25) is 10.6 Å². The molecule has 124 valence electrons. The molecular weight excluding hydrogens is 312 g/mol. The molecule has 0 radical (unpaired) electrons. The molecule has 0 spiro atoms. The lowest BCUT2D eigenvalue weighted by Crippen LogP contribution is -2.52. The Kier molecular flexibility index (Phi) is 4.82. The van der Waals surface area contributed by atoms with Gasteiger partial charge in [-0.25, -0.2) is 4.98 Å². The second kappa shape index (κ2) is 6.84. The van der Waals surface area contributed by atoms with Crippen molar-refractivity contribution < 1.29 is 0 Å². The maximum absolute atomic E-state index is 13.0. The molecule has 1 atom stereocenters. The minimum Gasteiger partial charge on any atom is -0.364 e. The zero-order valence-electron chi connectivity index (χ0n) is 13.7. The van der Waals surface area contributed by atoms with Crippen LogP contribution in [0.1, 0.15) is 26.0 Å². The fourth-order valence-corrected chi connectivity index (χ4v) is 3.29. The molecule has 1 fully saturated rings. The number of piperazine rings is 1. The van der Waals surface area contributed by atoms with Crippen LogP contribution in [0.25, 0.3) is 11.2 Å². The summed E-state index contributed by atoms with van der Waals surface area (Å²) in [7, 11) is 0. The molecule has 2 aromatic rings. The number of nitrogens with zero attached hydrogens (tertiary/aromatic N) is 4. The minimum atomic E-state index is -0.0439. The molecule has 0 saturated carbocycles. The number of anilines is 1. The van der Waals surface area contributed by atoms with Gasteiger partial charge in [-0.15, -0.1) is 10.2 Å². The number of fused-ring (bicyclic) bond motifs is 1. The van der Waals surface area contributed by atoms with E-state index in [4.69, 9.17) is 0 Å². The van der Waals surface area contributed by atoms with Gasteiger partial charge in [-0.1, -0.05) is 25.6 Å². The molecule has 1 aliphatic rings. The van der Waals surface area contributed by atoms with Crippen molar-refractivity contribution in [2.24, 2.45) is 0 Å². The van der Waals surface area contributed by atoms with Crippen LogP contribution in [0, 0.1) is 0 Å². The third-order valence-electron chi connectivity index (χ3n) is 4.25. The summed E-state index contributed by atoms with van der Waals surface area (Å²) in [6.07, 6.45) is 3.66. The SMILES string of the molecule is CCc1[nH]c2nnc(SC)nc2c(=O)c1N1CCNC(CC)C1. The van der Waals surface area contributed by atoms with Crippen LogP contribution in [0.3, 0.4) is 0 Å². The van der Waals surface area contributed by atoms with E-state index in [1.54, 1.807) is 0 Å². The number of thioether (sulfide) groups is 1. The molecule has 23 heavy (non-hydrogen) atoms. The number of H-pyrrole nitrogens is 1. The minimum absolute atomic E-state index is 0.0439. The molecule has 2 aromatic heterocycles. The van der Waals surface area contributed by atoms with Crippen LogP contribution in [-0.2, 0) is 6.42 Å². The molecule has 7 nitrogen and oxygen atoms in total. The summed E-state index contributed by atoms with van der Waals surface area (Å²) in [6.45, 7) is 6.75. The molecule has 0 aromatic carbocycles. The van der Waals surface area contributed by atoms with Gasteiger partial charge in [0.1, 0.15) is 5.69 Å². The standard InChI is InChI=1S/C15H22N6OS/c1-4-9-8-21(7-6-16-9)12-10(5-2)17-14-11(13(12)22)18-15(23-3)20-19-14/h9,16H,4-8H2,1-3H3,(H,17,19,22). The number of rotatable bonds is 4. The highest BCUT2D eigenvalue weighted by Crippen LogP contribution is 2.20. The summed E-state index contributed by atoms with van der Waals surface area (Å²) in [5.41, 5.74) is 2.45. The lowest BCUT2D eigenvalue weighted by atomic mass is 10.1. The van der Waals surface area contributed by atoms with Gasteiger partial charge in [0.15, 0.2) is 11.2 Å². The fraction of sp³-hybridized carbons (Fsp3) is 0.600. The maximum Gasteiger partial charge on any atom is 0.233 e. The summed E-state index contributed by atoms with van der Waals surface area (Å²) in [4.78, 5) is 22.9. The van der Waals surface area contributed by atoms with Crippen LogP contribution < -0.4 is 15.6 Å². The van der Waals surface area contributed by atoms with Crippen molar-refractivity contribution in [1.82, 2.24) is 25.5 Å². The average molecular weight is 334 g/mol. The average Bonchev–Trinajstić information content (AvgIpc) is 2.61. The number of aromatic amines is 1. The Morgan fingerprint density at radius 3 is 2.87 bits per heavy atom. The number of pyridine rings is 1. The van der Waals surface area contributed by atoms with E-state index in [2.05, 4.69) is 37.3 Å². The van der Waals surface area contributed by atoms with Crippen molar-refractivity contribution in [1.29, 1.82) is 0 Å². The topological polar surface area (TPSA) is 86.8 Å². The highest BCUT2D eigenvalue weighted by Gasteiger charge is 2.24. The summed E-state index contributed by atoms with van der Waals surface area (Å²) < 4.78 is 0. The first-order chi connectivity index (χ1) is 11.2. The first-order valence-electron chi connectivity index (χ1n) is 7.99. The molecule has 1 aliphatic heterocycles. The van der Waals surface area contributed by atoms with Crippen molar-refractivity contribution >= 4 is 28.6 Å². The number of aryl methyl sites for hydroxylation is 1. The molecule has 3 heterocycles. The first kappa shape index (κ1) is 16.2. The predicted octanol–water partition coefficient (Wildman–Crippen LogP) is 1.19. The molecule has 0 bridgehead atoms. The van der Waals surface area contributed by atoms with Gasteiger partial charge in [-0.3, -0.25) is 4.79 Å². The number of hydrogen-bond acceptors (Lipinski definition) is 7. The summed E-state index contributed by atoms with van der Waals surface area (Å²) in [5, 5.41) is 12.1. The van der Waals surface area contributed by atoms with E-state index >= 15 is 0 Å². The summed E-state index contributed by atoms with van der Waals surface area (Å²) >= 11 is 1.39. The lowest BCUT2D eigenvalue weighted by Gasteiger charge is -2.35. The quantitative estimate of drug-likeness (QED) is 0.812. The van der Waals surface area contributed by atoms with E-state index in [0.29, 0.717) is 22.4 Å². The van der Waals surface area contributed by atoms with Crippen LogP contribution in [0.2, 0.25) is 0 Å². The van der Waals surface area contributed by atoms with Crippen LogP contribution in [0.15, 0.2) is 9.95 Å². The largest absolute Gasteiger partial charge is 0.364 e. The second-order valence-electron chi connectivity index (χ2n) is 5.64. The Morgan fingerprint density at radius 1 is 1.35 bits per heavy atom. The lowest BCUT2D eigenvalue weighted by molar-refractivity contribution is 0.446. The van der Waals surface area contributed by atoms with E-state index < -0.39 is 0 Å². The van der Waals surface area contributed by atoms with Crippen molar-refractivity contribution in [3.63, 3.8) is 0 Å². The van der Waals surface area contributed by atoms with Crippen molar-refractivity contribution in [2.75, 3.05) is 30.8 Å². The Labute approximate surface area is 139 Å². The predicted molar refractivity (Wildman–Crippen MR) is 93.4 cm³/mol. The van der Waals surface area contributed by atoms with Crippen LogP contribution in [0.5, 0.6) is 0 Å². The summed E-state index contributed by atoms with van der Waals surface area (Å²) in [6, 6.07) is 0.411. The Balaban J connectivity index is 2.14. The highest BCUT2D eigenvalue weighted by atomic mass is 32.2. The Morgan fingerprint density at radius 2 is 2.17 bits per heavy atom. The zero-order valence-corrected chi connectivity index (χ0v) is 14.5. The first-order valence-corrected chi connectivity index (χ1v) is 9.22. The van der Waals surface area contributed by atoms with Crippen LogP contribution in [0.4, 0.5) is 5.69 Å². The molecule has 0 aliphatic carbocycles. The van der Waals surface area contributed by atoms with Gasteiger partial charge in [0.05, 0.1) is 0 Å². The van der Waals surface area contributed by atoms with E-state index in [-0.39, 0.29) is 5.43 Å². The van der Waals surface area contributed by atoms with Gasteiger partial charge in [0.25, 0.3) is 0 Å². The third-order valence-corrected chi connectivity index (χ3v) is 4.79. The maximum atomic E-state index is 13.0. The van der Waals surface area contributed by atoms with Crippen molar-refractivity contribution in [3.8, 4) is 0 Å². The van der Waals surface area contributed by atoms with Gasteiger partial charge in [0, 0.05) is 31.4 Å². The molecule has 1 unspecified atom stereocenters. The number of aromatic nitrogens is 4. The molecule has 8 heteroatoms. The van der Waals surface area contributed by atoms with E-state index in [0.717, 1.165) is 43.9 Å². The second-order valence-corrected chi connectivity index (χ2v) is 6.41. The Hall–Kier alpha value is -1.67. The van der Waals surface area contributed by atoms with E-state index in [1.807, 2.05) is 13.2 Å². The van der Waals surface area contributed by atoms with E-state index in [9.17, 15) is 4.79 Å². The molecule has 2 N–H and O–H groups in total. The van der Waals surface area contributed by atoms with Gasteiger partial charge < -0.3 is 15.2 Å². The number of nitrogens with one attached hydrogen (secondary N) is 2. The normalized spacial score (nSPS) is 18.6. The smallest absolute Gasteiger partial charge is 0.233 e. The van der Waals surface area contributed by atoms with Gasteiger partial charge in [-0.05, 0) is 19.1 Å². The molecule has 1 saturated heterocycles. The number of hydrogen-bond donors (Lipinski definition) is 2. The van der Waals surface area contributed by atoms with Crippen molar-refractivity contribution in [2.45, 2.75) is 37.9 Å². The van der Waals surface area contributed by atoms with Gasteiger partial charge >= 0.3 is 0 Å². The molecular formula is C15H22N6OS. The monoisotopic (exact) mass is 334 g/mol. The van der Waals surface area contributed by atoms with Crippen LogP contribution in [-0.4, -0.2) is 52.1 Å². The highest BCUT2D eigenvalue weighted by molar-refractivity contribution is 7.98. The van der Waals surface area contributed by atoms with Crippen molar-refractivity contribution in [3.05, 3.63) is 15.9 Å². The van der Waals surface area contributed by atoms with Crippen LogP contribution >= 0.6 is 11.8 Å². The molecule has 3 rings (SSSR count). The fourth-order valence-electron chi connectivity index (χ4n) is 2.98. The zero-order chi connectivity index (χ0) is 16.4. The summed E-state index contributed by atoms with van der Waals surface area (Å²) in [5.74, 6) is 0. The van der Waals surface area contributed by atoms with E-state index in [1.165, 1.54) is 11.8 Å². The molecule has 0 amide bonds. The van der Waals surface area contributed by atoms with Gasteiger partial charge in [-0.2, -0.15) is 0 Å². The third kappa shape index (κ3) is 3.05.